The Morgan fingerprint density at radius 2 is 2.20 bits per heavy atom. The van der Waals surface area contributed by atoms with Gasteiger partial charge in [0.25, 0.3) is 0 Å². The number of nitrogens with zero attached hydrogens (tertiary/aromatic N) is 1. The van der Waals surface area contributed by atoms with Crippen molar-refractivity contribution in [2.75, 3.05) is 0 Å². The number of amides is 1. The summed E-state index contributed by atoms with van der Waals surface area (Å²) in [5.41, 5.74) is 1.20. The lowest BCUT2D eigenvalue weighted by atomic mass is 9.80. The molecule has 2 fully saturated rings. The Bertz CT molecular complexity index is 568. The van der Waals surface area contributed by atoms with Gasteiger partial charge in [0, 0.05) is 0 Å². The van der Waals surface area contributed by atoms with Crippen molar-refractivity contribution in [3.05, 3.63) is 35.4 Å². The number of nitrogens with one attached hydrogen (secondary N) is 1. The molecule has 0 spiro atoms. The van der Waals surface area contributed by atoms with E-state index in [4.69, 9.17) is 5.26 Å². The van der Waals surface area contributed by atoms with Gasteiger partial charge in [-0.05, 0) is 49.3 Å². The highest BCUT2D eigenvalue weighted by molar-refractivity contribution is 5.82. The quantitative estimate of drug-likeness (QED) is 0.876. The van der Waals surface area contributed by atoms with E-state index < -0.39 is 6.10 Å². The number of benzene rings is 1. The maximum Gasteiger partial charge on any atom is 0.249 e. The van der Waals surface area contributed by atoms with E-state index in [1.807, 2.05) is 18.2 Å². The minimum absolute atomic E-state index is 0.122. The van der Waals surface area contributed by atoms with Gasteiger partial charge in [-0.25, -0.2) is 0 Å². The molecule has 4 nitrogen and oxygen atoms in total. The standard InChI is InChI=1S/C16H18N2O2/c17-10-11-3-1-6-13(9-11)16(7-8-16)18-15(20)14(19)12-4-2-5-12/h1,3,6,9,12,14,19H,2,4-5,7-8H2,(H,18,20)/t14-/m1/s1. The molecule has 0 aromatic heterocycles. The van der Waals surface area contributed by atoms with E-state index in [0.717, 1.165) is 37.7 Å². The first-order valence-corrected chi connectivity index (χ1v) is 7.15. The second-order valence-electron chi connectivity index (χ2n) is 5.90. The zero-order valence-corrected chi connectivity index (χ0v) is 11.3. The minimum atomic E-state index is -0.889. The van der Waals surface area contributed by atoms with E-state index in [1.165, 1.54) is 0 Å². The number of hydrogen-bond acceptors (Lipinski definition) is 3. The van der Waals surface area contributed by atoms with Crippen molar-refractivity contribution in [2.45, 2.75) is 43.7 Å². The van der Waals surface area contributed by atoms with Crippen LogP contribution in [-0.2, 0) is 10.3 Å². The molecule has 0 aliphatic heterocycles. The number of carbonyl (C=O) groups is 1. The molecule has 4 heteroatoms. The summed E-state index contributed by atoms with van der Waals surface area (Å²) >= 11 is 0. The van der Waals surface area contributed by atoms with Crippen LogP contribution >= 0.6 is 0 Å². The molecule has 0 unspecified atom stereocenters. The van der Waals surface area contributed by atoms with Crippen LogP contribution in [0.15, 0.2) is 24.3 Å². The van der Waals surface area contributed by atoms with E-state index in [1.54, 1.807) is 6.07 Å². The second kappa shape index (κ2) is 4.92. The topological polar surface area (TPSA) is 73.1 Å². The number of aliphatic hydroxyl groups is 1. The summed E-state index contributed by atoms with van der Waals surface area (Å²) in [7, 11) is 0. The van der Waals surface area contributed by atoms with Gasteiger partial charge in [-0.3, -0.25) is 4.79 Å². The first-order valence-electron chi connectivity index (χ1n) is 7.15. The Morgan fingerprint density at radius 1 is 1.45 bits per heavy atom. The summed E-state index contributed by atoms with van der Waals surface area (Å²) in [6.07, 6.45) is 3.82. The second-order valence-corrected chi connectivity index (χ2v) is 5.90. The van der Waals surface area contributed by atoms with E-state index in [9.17, 15) is 9.90 Å². The minimum Gasteiger partial charge on any atom is -0.383 e. The maximum absolute atomic E-state index is 12.1. The lowest BCUT2D eigenvalue weighted by Gasteiger charge is -2.30. The van der Waals surface area contributed by atoms with Crippen LogP contribution in [-0.4, -0.2) is 17.1 Å². The van der Waals surface area contributed by atoms with Gasteiger partial charge in [0.1, 0.15) is 6.10 Å². The van der Waals surface area contributed by atoms with Crippen LogP contribution in [0.3, 0.4) is 0 Å². The molecule has 1 atom stereocenters. The first kappa shape index (κ1) is 13.1. The van der Waals surface area contributed by atoms with Crippen LogP contribution in [0.25, 0.3) is 0 Å². The van der Waals surface area contributed by atoms with E-state index in [-0.39, 0.29) is 17.4 Å². The van der Waals surface area contributed by atoms with Gasteiger partial charge in [0.2, 0.25) is 5.91 Å². The SMILES string of the molecule is N#Cc1cccc(C2(NC(=O)[C@H](O)C3CCC3)CC2)c1. The molecule has 104 valence electrons. The van der Waals surface area contributed by atoms with Gasteiger partial charge >= 0.3 is 0 Å². The zero-order valence-electron chi connectivity index (χ0n) is 11.3. The van der Waals surface area contributed by atoms with Gasteiger partial charge in [0.15, 0.2) is 0 Å². The number of aliphatic hydroxyl groups excluding tert-OH is 1. The summed E-state index contributed by atoms with van der Waals surface area (Å²) in [6.45, 7) is 0. The van der Waals surface area contributed by atoms with Crippen molar-refractivity contribution in [1.29, 1.82) is 5.26 Å². The molecule has 0 heterocycles. The first-order chi connectivity index (χ1) is 9.64. The highest BCUT2D eigenvalue weighted by Gasteiger charge is 2.47. The Hall–Kier alpha value is -1.86. The molecule has 2 aliphatic rings. The smallest absolute Gasteiger partial charge is 0.249 e. The molecule has 2 N–H and O–H groups in total. The average Bonchev–Trinajstić information content (AvgIpc) is 3.17. The molecular formula is C16H18N2O2. The van der Waals surface area contributed by atoms with Gasteiger partial charge in [-0.1, -0.05) is 18.6 Å². The monoisotopic (exact) mass is 270 g/mol. The third-order valence-corrected chi connectivity index (χ3v) is 4.52. The molecular weight excluding hydrogens is 252 g/mol. The van der Waals surface area contributed by atoms with E-state index >= 15 is 0 Å². The Labute approximate surface area is 118 Å². The molecule has 0 saturated heterocycles. The van der Waals surface area contributed by atoms with Crippen LogP contribution in [0, 0.1) is 17.2 Å². The fourth-order valence-electron chi connectivity index (χ4n) is 2.78. The largest absolute Gasteiger partial charge is 0.383 e. The molecule has 1 aromatic rings. The molecule has 1 amide bonds. The number of hydrogen-bond donors (Lipinski definition) is 2. The normalized spacial score (nSPS) is 21.4. The van der Waals surface area contributed by atoms with Crippen LogP contribution in [0.4, 0.5) is 0 Å². The number of rotatable bonds is 4. The molecule has 3 rings (SSSR count). The van der Waals surface area contributed by atoms with Crippen molar-refractivity contribution < 1.29 is 9.90 Å². The predicted molar refractivity (Wildman–Crippen MR) is 73.6 cm³/mol. The highest BCUT2D eigenvalue weighted by Crippen LogP contribution is 2.46. The van der Waals surface area contributed by atoms with E-state index in [2.05, 4.69) is 11.4 Å². The third-order valence-electron chi connectivity index (χ3n) is 4.52. The third kappa shape index (κ3) is 2.30. The van der Waals surface area contributed by atoms with Crippen molar-refractivity contribution in [1.82, 2.24) is 5.32 Å². The van der Waals surface area contributed by atoms with Crippen LogP contribution < -0.4 is 5.32 Å². The fourth-order valence-corrected chi connectivity index (χ4v) is 2.78. The van der Waals surface area contributed by atoms with Crippen LogP contribution in [0.1, 0.15) is 43.2 Å². The summed E-state index contributed by atoms with van der Waals surface area (Å²) in [6, 6.07) is 9.46. The van der Waals surface area contributed by atoms with Gasteiger partial charge in [0.05, 0.1) is 17.2 Å². The molecule has 2 aliphatic carbocycles. The highest BCUT2D eigenvalue weighted by atomic mass is 16.3. The molecule has 20 heavy (non-hydrogen) atoms. The van der Waals surface area contributed by atoms with Crippen molar-refractivity contribution in [3.63, 3.8) is 0 Å². The Kier molecular flexibility index (Phi) is 3.23. The molecule has 0 bridgehead atoms. The maximum atomic E-state index is 12.1. The Balaban J connectivity index is 1.72. The van der Waals surface area contributed by atoms with Crippen LogP contribution in [0.2, 0.25) is 0 Å². The lowest BCUT2D eigenvalue weighted by molar-refractivity contribution is -0.134. The van der Waals surface area contributed by atoms with Crippen molar-refractivity contribution in [2.24, 2.45) is 5.92 Å². The van der Waals surface area contributed by atoms with Gasteiger partial charge < -0.3 is 10.4 Å². The van der Waals surface area contributed by atoms with Crippen LogP contribution in [0.5, 0.6) is 0 Å². The summed E-state index contributed by atoms with van der Waals surface area (Å²) in [4.78, 5) is 12.1. The number of nitriles is 1. The van der Waals surface area contributed by atoms with Crippen molar-refractivity contribution in [3.8, 4) is 6.07 Å². The summed E-state index contributed by atoms with van der Waals surface area (Å²) in [5, 5.41) is 22.0. The molecule has 0 radical (unpaired) electrons. The number of carbonyl (C=O) groups excluding carboxylic acids is 1. The van der Waals surface area contributed by atoms with E-state index in [0.29, 0.717) is 5.56 Å². The average molecular weight is 270 g/mol. The fraction of sp³-hybridized carbons (Fsp3) is 0.500. The summed E-state index contributed by atoms with van der Waals surface area (Å²) < 4.78 is 0. The van der Waals surface area contributed by atoms with Gasteiger partial charge in [-0.2, -0.15) is 5.26 Å². The zero-order chi connectivity index (χ0) is 14.2. The lowest BCUT2D eigenvalue weighted by Crippen LogP contribution is -2.46. The molecule has 2 saturated carbocycles. The summed E-state index contributed by atoms with van der Waals surface area (Å²) in [5.74, 6) is -0.147. The van der Waals surface area contributed by atoms with Crippen molar-refractivity contribution >= 4 is 5.91 Å². The Morgan fingerprint density at radius 3 is 2.75 bits per heavy atom. The predicted octanol–water partition coefficient (Wildman–Crippen LogP) is 1.82. The van der Waals surface area contributed by atoms with Gasteiger partial charge in [-0.15, -0.1) is 0 Å². The molecule has 1 aromatic carbocycles.